The highest BCUT2D eigenvalue weighted by Crippen LogP contribution is 2.38. The molecule has 0 unspecified atom stereocenters. The van der Waals surface area contributed by atoms with Crippen LogP contribution < -0.4 is 9.47 Å². The van der Waals surface area contributed by atoms with Crippen LogP contribution in [0.15, 0.2) is 36.7 Å². The first-order chi connectivity index (χ1) is 12.3. The third-order valence-electron chi connectivity index (χ3n) is 4.72. The maximum Gasteiger partial charge on any atom is 0.238 e. The number of para-hydroxylation sites is 2. The largest absolute Gasteiger partial charge is 0.493 e. The molecule has 1 aromatic heterocycles. The minimum atomic E-state index is 0.00168. The van der Waals surface area contributed by atoms with Gasteiger partial charge in [0.2, 0.25) is 11.8 Å². The molecule has 2 aliphatic rings. The predicted molar refractivity (Wildman–Crippen MR) is 91.5 cm³/mol. The molecule has 4 rings (SSSR count). The van der Waals surface area contributed by atoms with E-state index in [1.807, 2.05) is 29.2 Å². The fraction of sp³-hybridized carbons (Fsp3) is 0.421. The standard InChI is InChI=1S/C19H21N3O3/c1-24-16-6-2-3-7-17(16)25-18-12-20-11-14(21-18)15-5-4-10-22(15)19(23)13-8-9-13/h2-3,6-7,11-13,15H,4-5,8-10H2,1H3/t15-/m0/s1. The Morgan fingerprint density at radius 3 is 2.72 bits per heavy atom. The van der Waals surface area contributed by atoms with Crippen LogP contribution >= 0.6 is 0 Å². The van der Waals surface area contributed by atoms with Crippen LogP contribution in [0, 0.1) is 5.92 Å². The molecule has 1 aliphatic heterocycles. The van der Waals surface area contributed by atoms with Gasteiger partial charge in [-0.2, -0.15) is 0 Å². The Morgan fingerprint density at radius 1 is 1.16 bits per heavy atom. The summed E-state index contributed by atoms with van der Waals surface area (Å²) in [5.74, 6) is 2.13. The van der Waals surface area contributed by atoms with E-state index < -0.39 is 0 Å². The summed E-state index contributed by atoms with van der Waals surface area (Å²) in [6, 6.07) is 7.42. The maximum atomic E-state index is 12.5. The number of rotatable bonds is 5. The van der Waals surface area contributed by atoms with E-state index in [4.69, 9.17) is 9.47 Å². The van der Waals surface area contributed by atoms with E-state index in [2.05, 4.69) is 9.97 Å². The number of hydrogen-bond acceptors (Lipinski definition) is 5. The molecule has 1 aromatic carbocycles. The lowest BCUT2D eigenvalue weighted by molar-refractivity contribution is -0.133. The average molecular weight is 339 g/mol. The summed E-state index contributed by atoms with van der Waals surface area (Å²) in [6.45, 7) is 0.805. The molecule has 0 spiro atoms. The van der Waals surface area contributed by atoms with E-state index >= 15 is 0 Å². The van der Waals surface area contributed by atoms with Crippen molar-refractivity contribution in [3.8, 4) is 17.4 Å². The molecule has 0 bridgehead atoms. The maximum absolute atomic E-state index is 12.5. The van der Waals surface area contributed by atoms with Crippen molar-refractivity contribution in [2.45, 2.75) is 31.7 Å². The van der Waals surface area contributed by atoms with Crippen molar-refractivity contribution in [1.29, 1.82) is 0 Å². The molecule has 2 aromatic rings. The van der Waals surface area contributed by atoms with Crippen LogP contribution in [-0.4, -0.2) is 34.4 Å². The van der Waals surface area contributed by atoms with Crippen LogP contribution in [-0.2, 0) is 4.79 Å². The number of methoxy groups -OCH3 is 1. The Balaban J connectivity index is 1.55. The van der Waals surface area contributed by atoms with Crippen LogP contribution in [0.5, 0.6) is 17.4 Å². The van der Waals surface area contributed by atoms with E-state index in [-0.39, 0.29) is 17.9 Å². The van der Waals surface area contributed by atoms with Crippen LogP contribution in [0.25, 0.3) is 0 Å². The normalized spacial score (nSPS) is 19.7. The number of aromatic nitrogens is 2. The van der Waals surface area contributed by atoms with E-state index in [9.17, 15) is 4.79 Å². The molecule has 1 saturated heterocycles. The summed E-state index contributed by atoms with van der Waals surface area (Å²) in [4.78, 5) is 23.3. The topological polar surface area (TPSA) is 64.6 Å². The summed E-state index contributed by atoms with van der Waals surface area (Å²) in [6.07, 6.45) is 7.28. The number of nitrogens with zero attached hydrogens (tertiary/aromatic N) is 3. The zero-order chi connectivity index (χ0) is 17.2. The van der Waals surface area contributed by atoms with Gasteiger partial charge in [-0.1, -0.05) is 12.1 Å². The van der Waals surface area contributed by atoms with Crippen molar-refractivity contribution in [2.24, 2.45) is 5.92 Å². The number of ether oxygens (including phenoxy) is 2. The number of carbonyl (C=O) groups is 1. The van der Waals surface area contributed by atoms with E-state index in [0.29, 0.717) is 17.4 Å². The molecule has 2 heterocycles. The first-order valence-electron chi connectivity index (χ1n) is 8.69. The Morgan fingerprint density at radius 2 is 1.96 bits per heavy atom. The number of amides is 1. The molecule has 25 heavy (non-hydrogen) atoms. The lowest BCUT2D eigenvalue weighted by atomic mass is 10.1. The van der Waals surface area contributed by atoms with Gasteiger partial charge in [0.05, 0.1) is 31.2 Å². The van der Waals surface area contributed by atoms with Crippen molar-refractivity contribution in [2.75, 3.05) is 13.7 Å². The third-order valence-corrected chi connectivity index (χ3v) is 4.72. The quantitative estimate of drug-likeness (QED) is 0.836. The predicted octanol–water partition coefficient (Wildman–Crippen LogP) is 3.35. The zero-order valence-electron chi connectivity index (χ0n) is 14.2. The van der Waals surface area contributed by atoms with Gasteiger partial charge in [0.15, 0.2) is 11.5 Å². The van der Waals surface area contributed by atoms with Crippen LogP contribution in [0.2, 0.25) is 0 Å². The van der Waals surface area contributed by atoms with Crippen molar-refractivity contribution in [3.05, 3.63) is 42.4 Å². The van der Waals surface area contributed by atoms with Crippen molar-refractivity contribution < 1.29 is 14.3 Å². The molecule has 0 radical (unpaired) electrons. The number of likely N-dealkylation sites (tertiary alicyclic amines) is 1. The van der Waals surface area contributed by atoms with Gasteiger partial charge in [-0.3, -0.25) is 9.78 Å². The van der Waals surface area contributed by atoms with Crippen molar-refractivity contribution >= 4 is 5.91 Å². The smallest absolute Gasteiger partial charge is 0.238 e. The summed E-state index contributed by atoms with van der Waals surface area (Å²) < 4.78 is 11.2. The first kappa shape index (κ1) is 15.9. The van der Waals surface area contributed by atoms with E-state index in [0.717, 1.165) is 37.9 Å². The van der Waals surface area contributed by atoms with E-state index in [1.165, 1.54) is 0 Å². The van der Waals surface area contributed by atoms with Gasteiger partial charge in [-0.15, -0.1) is 0 Å². The number of hydrogen-bond donors (Lipinski definition) is 0. The summed E-state index contributed by atoms with van der Waals surface area (Å²) in [5.41, 5.74) is 0.791. The van der Waals surface area contributed by atoms with E-state index in [1.54, 1.807) is 19.5 Å². The molecule has 1 atom stereocenters. The van der Waals surface area contributed by atoms with Gasteiger partial charge >= 0.3 is 0 Å². The molecule has 130 valence electrons. The van der Waals surface area contributed by atoms with Crippen molar-refractivity contribution in [1.82, 2.24) is 14.9 Å². The Kier molecular flexibility index (Phi) is 4.26. The molecule has 1 saturated carbocycles. The molecule has 6 nitrogen and oxygen atoms in total. The van der Waals surface area contributed by atoms with Crippen LogP contribution in [0.4, 0.5) is 0 Å². The molecular weight excluding hydrogens is 318 g/mol. The Bertz CT molecular complexity index is 776. The third kappa shape index (κ3) is 3.29. The fourth-order valence-corrected chi connectivity index (χ4v) is 3.29. The van der Waals surface area contributed by atoms with Gasteiger partial charge in [0.1, 0.15) is 0 Å². The number of benzene rings is 1. The van der Waals surface area contributed by atoms with Gasteiger partial charge in [-0.05, 0) is 37.8 Å². The summed E-state index contributed by atoms with van der Waals surface area (Å²) in [5, 5.41) is 0. The molecule has 1 amide bonds. The van der Waals surface area contributed by atoms with Crippen LogP contribution in [0.1, 0.15) is 37.4 Å². The molecular formula is C19H21N3O3. The highest BCUT2D eigenvalue weighted by Gasteiger charge is 2.39. The summed E-state index contributed by atoms with van der Waals surface area (Å²) in [7, 11) is 1.60. The zero-order valence-corrected chi connectivity index (χ0v) is 14.2. The van der Waals surface area contributed by atoms with Gasteiger partial charge in [0, 0.05) is 12.5 Å². The van der Waals surface area contributed by atoms with Crippen LogP contribution in [0.3, 0.4) is 0 Å². The van der Waals surface area contributed by atoms with Gasteiger partial charge in [0.25, 0.3) is 0 Å². The molecule has 6 heteroatoms. The Hall–Kier alpha value is -2.63. The summed E-state index contributed by atoms with van der Waals surface area (Å²) >= 11 is 0. The SMILES string of the molecule is COc1ccccc1Oc1cncc([C@@H]2CCCN2C(=O)C2CC2)n1. The number of carbonyl (C=O) groups excluding carboxylic acids is 1. The minimum absolute atomic E-state index is 0.00168. The lowest BCUT2D eigenvalue weighted by Crippen LogP contribution is -2.32. The Labute approximate surface area is 146 Å². The lowest BCUT2D eigenvalue weighted by Gasteiger charge is -2.24. The molecule has 2 fully saturated rings. The second-order valence-corrected chi connectivity index (χ2v) is 6.50. The van der Waals surface area contributed by atoms with Gasteiger partial charge < -0.3 is 14.4 Å². The monoisotopic (exact) mass is 339 g/mol. The highest BCUT2D eigenvalue weighted by atomic mass is 16.5. The fourth-order valence-electron chi connectivity index (χ4n) is 3.29. The first-order valence-corrected chi connectivity index (χ1v) is 8.69. The highest BCUT2D eigenvalue weighted by molar-refractivity contribution is 5.81. The minimum Gasteiger partial charge on any atom is -0.493 e. The average Bonchev–Trinajstić information content (AvgIpc) is 3.38. The molecule has 1 aliphatic carbocycles. The second-order valence-electron chi connectivity index (χ2n) is 6.50. The van der Waals surface area contributed by atoms with Crippen molar-refractivity contribution in [3.63, 3.8) is 0 Å². The van der Waals surface area contributed by atoms with Gasteiger partial charge in [-0.25, -0.2) is 4.98 Å². The molecule has 0 N–H and O–H groups in total. The second kappa shape index (κ2) is 6.70.